The first kappa shape index (κ1) is 15.4. The van der Waals surface area contributed by atoms with Gasteiger partial charge in [-0.3, -0.25) is 4.79 Å². The number of benzene rings is 1. The van der Waals surface area contributed by atoms with E-state index in [0.29, 0.717) is 0 Å². The van der Waals surface area contributed by atoms with Crippen LogP contribution in [-0.4, -0.2) is 13.6 Å². The van der Waals surface area contributed by atoms with Crippen LogP contribution in [0.1, 0.15) is 38.1 Å². The SMILES string of the molecule is CC.CC.C[B]c1ccc(C=O)cc1. The fourth-order valence-electron chi connectivity index (χ4n) is 0.767. The first-order valence-electron chi connectivity index (χ1n) is 5.21. The molecule has 0 heterocycles. The minimum atomic E-state index is 0.727. The second-order valence-corrected chi connectivity index (χ2v) is 2.07. The molecule has 0 aromatic heterocycles. The Balaban J connectivity index is 0. The third-order valence-electron chi connectivity index (χ3n) is 1.41. The van der Waals surface area contributed by atoms with Crippen LogP contribution in [0.15, 0.2) is 24.3 Å². The third-order valence-corrected chi connectivity index (χ3v) is 1.41. The average Bonchev–Trinajstić information content (AvgIpc) is 2.34. The predicted octanol–water partition coefficient (Wildman–Crippen LogP) is 2.93. The highest BCUT2D eigenvalue weighted by atomic mass is 16.1. The molecule has 14 heavy (non-hydrogen) atoms. The number of hydrogen-bond acceptors (Lipinski definition) is 1. The van der Waals surface area contributed by atoms with Gasteiger partial charge in [-0.25, -0.2) is 0 Å². The number of carbonyl (C=O) groups excluding carboxylic acids is 1. The van der Waals surface area contributed by atoms with Gasteiger partial charge in [0.25, 0.3) is 0 Å². The van der Waals surface area contributed by atoms with Crippen molar-refractivity contribution in [3.05, 3.63) is 29.8 Å². The molecule has 0 aliphatic rings. The highest BCUT2D eigenvalue weighted by Gasteiger charge is 1.89. The Kier molecular flexibility index (Phi) is 13.2. The van der Waals surface area contributed by atoms with Crippen molar-refractivity contribution in [2.24, 2.45) is 0 Å². The highest BCUT2D eigenvalue weighted by Crippen LogP contribution is 1.90. The molecule has 0 spiro atoms. The largest absolute Gasteiger partial charge is 0.298 e. The van der Waals surface area contributed by atoms with Gasteiger partial charge < -0.3 is 0 Å². The van der Waals surface area contributed by atoms with Gasteiger partial charge >= 0.3 is 0 Å². The molecule has 0 aliphatic carbocycles. The van der Waals surface area contributed by atoms with Crippen LogP contribution in [0.25, 0.3) is 0 Å². The normalized spacial score (nSPS) is 7.21. The molecule has 77 valence electrons. The van der Waals surface area contributed by atoms with Crippen LogP contribution >= 0.6 is 0 Å². The van der Waals surface area contributed by atoms with Crippen molar-refractivity contribution in [2.75, 3.05) is 0 Å². The summed E-state index contributed by atoms with van der Waals surface area (Å²) in [5.74, 6) is 0. The summed E-state index contributed by atoms with van der Waals surface area (Å²) >= 11 is 0. The van der Waals surface area contributed by atoms with Gasteiger partial charge in [-0.1, -0.05) is 64.2 Å². The maximum Gasteiger partial charge on any atom is 0.150 e. The lowest BCUT2D eigenvalue weighted by Gasteiger charge is -1.93. The van der Waals surface area contributed by atoms with Crippen LogP contribution < -0.4 is 5.46 Å². The van der Waals surface area contributed by atoms with Gasteiger partial charge in [0.1, 0.15) is 13.6 Å². The number of aldehydes is 1. The van der Waals surface area contributed by atoms with E-state index in [1.54, 1.807) is 0 Å². The Morgan fingerprint density at radius 3 is 1.71 bits per heavy atom. The second kappa shape index (κ2) is 12.0. The summed E-state index contributed by atoms with van der Waals surface area (Å²) in [6, 6.07) is 7.46. The van der Waals surface area contributed by atoms with Crippen LogP contribution in [0.4, 0.5) is 0 Å². The van der Waals surface area contributed by atoms with Crippen LogP contribution in [0, 0.1) is 0 Å². The molecule has 0 fully saturated rings. The smallest absolute Gasteiger partial charge is 0.150 e. The Morgan fingerprint density at radius 1 is 1.00 bits per heavy atom. The maximum atomic E-state index is 10.2. The van der Waals surface area contributed by atoms with Crippen molar-refractivity contribution >= 4 is 19.0 Å². The zero-order chi connectivity index (χ0) is 11.4. The molecule has 1 rings (SSSR count). The lowest BCUT2D eigenvalue weighted by atomic mass is 9.73. The molecular formula is C12H20BO. The predicted molar refractivity (Wildman–Crippen MR) is 65.8 cm³/mol. The Bertz CT molecular complexity index is 216. The molecule has 0 atom stereocenters. The molecule has 0 saturated heterocycles. The van der Waals surface area contributed by atoms with E-state index in [2.05, 4.69) is 0 Å². The molecule has 1 radical (unpaired) electrons. The van der Waals surface area contributed by atoms with Crippen molar-refractivity contribution in [1.29, 1.82) is 0 Å². The van der Waals surface area contributed by atoms with E-state index in [0.717, 1.165) is 17.3 Å². The summed E-state index contributed by atoms with van der Waals surface area (Å²) in [6.07, 6.45) is 0.847. The van der Waals surface area contributed by atoms with Crippen molar-refractivity contribution in [2.45, 2.75) is 34.5 Å². The van der Waals surface area contributed by atoms with Gasteiger partial charge in [-0.15, -0.1) is 0 Å². The first-order valence-corrected chi connectivity index (χ1v) is 5.21. The molecular weight excluding hydrogens is 171 g/mol. The van der Waals surface area contributed by atoms with E-state index in [4.69, 9.17) is 0 Å². The van der Waals surface area contributed by atoms with Crippen LogP contribution in [-0.2, 0) is 0 Å². The van der Waals surface area contributed by atoms with Gasteiger partial charge in [0.05, 0.1) is 0 Å². The van der Waals surface area contributed by atoms with Crippen LogP contribution in [0.5, 0.6) is 0 Å². The minimum absolute atomic E-state index is 0.727. The Labute approximate surface area is 88.8 Å². The minimum Gasteiger partial charge on any atom is -0.298 e. The van der Waals surface area contributed by atoms with Crippen LogP contribution in [0.3, 0.4) is 0 Å². The lowest BCUT2D eigenvalue weighted by molar-refractivity contribution is 0.112. The highest BCUT2D eigenvalue weighted by molar-refractivity contribution is 6.51. The fourth-order valence-corrected chi connectivity index (χ4v) is 0.767. The monoisotopic (exact) mass is 191 g/mol. The maximum absolute atomic E-state index is 10.2. The standard InChI is InChI=1S/C8H8BO.2C2H6/c1-9-8-4-2-7(6-10)3-5-8;2*1-2/h2-6H,1H3;2*1-2H3. The molecule has 1 aromatic carbocycles. The molecule has 0 unspecified atom stereocenters. The summed E-state index contributed by atoms with van der Waals surface area (Å²) in [5, 5.41) is 0. The van der Waals surface area contributed by atoms with E-state index in [9.17, 15) is 4.79 Å². The van der Waals surface area contributed by atoms with E-state index < -0.39 is 0 Å². The molecule has 1 aromatic rings. The summed E-state index contributed by atoms with van der Waals surface area (Å²) in [4.78, 5) is 10.2. The topological polar surface area (TPSA) is 17.1 Å². The molecule has 0 amide bonds. The van der Waals surface area contributed by atoms with E-state index >= 15 is 0 Å². The zero-order valence-corrected chi connectivity index (χ0v) is 9.87. The lowest BCUT2D eigenvalue weighted by Crippen LogP contribution is -2.08. The molecule has 0 saturated carbocycles. The van der Waals surface area contributed by atoms with Crippen molar-refractivity contribution < 1.29 is 4.79 Å². The molecule has 0 N–H and O–H groups in total. The summed E-state index contributed by atoms with van der Waals surface area (Å²) in [5.41, 5.74) is 1.87. The van der Waals surface area contributed by atoms with Crippen molar-refractivity contribution in [3.8, 4) is 0 Å². The zero-order valence-electron chi connectivity index (χ0n) is 9.87. The Morgan fingerprint density at radius 2 is 1.43 bits per heavy atom. The van der Waals surface area contributed by atoms with Gasteiger partial charge in [0.2, 0.25) is 0 Å². The summed E-state index contributed by atoms with van der Waals surface area (Å²) in [6.45, 7) is 9.97. The van der Waals surface area contributed by atoms with E-state index in [-0.39, 0.29) is 0 Å². The van der Waals surface area contributed by atoms with E-state index in [1.807, 2.05) is 66.1 Å². The number of carbonyl (C=O) groups is 1. The summed E-state index contributed by atoms with van der Waals surface area (Å²) in [7, 11) is 1.99. The van der Waals surface area contributed by atoms with Crippen LogP contribution in [0.2, 0.25) is 6.82 Å². The molecule has 0 bridgehead atoms. The van der Waals surface area contributed by atoms with Gasteiger partial charge in [0, 0.05) is 5.56 Å². The fraction of sp³-hybridized carbons (Fsp3) is 0.417. The molecule has 0 aliphatic heterocycles. The van der Waals surface area contributed by atoms with Gasteiger partial charge in [-0.2, -0.15) is 0 Å². The second-order valence-electron chi connectivity index (χ2n) is 2.07. The Hall–Kier alpha value is -1.05. The average molecular weight is 191 g/mol. The number of rotatable bonds is 2. The summed E-state index contributed by atoms with van der Waals surface area (Å²) < 4.78 is 0. The van der Waals surface area contributed by atoms with Crippen molar-refractivity contribution in [1.82, 2.24) is 0 Å². The quantitative estimate of drug-likeness (QED) is 0.518. The van der Waals surface area contributed by atoms with Gasteiger partial charge in [0.15, 0.2) is 0 Å². The molecule has 2 heteroatoms. The third kappa shape index (κ3) is 6.47. The number of hydrogen-bond donors (Lipinski definition) is 0. The van der Waals surface area contributed by atoms with Gasteiger partial charge in [-0.05, 0) is 0 Å². The van der Waals surface area contributed by atoms with E-state index in [1.165, 1.54) is 0 Å². The first-order chi connectivity index (χ1) is 6.86. The molecule has 1 nitrogen and oxygen atoms in total. The van der Waals surface area contributed by atoms with Crippen molar-refractivity contribution in [3.63, 3.8) is 0 Å².